The van der Waals surface area contributed by atoms with Crippen molar-refractivity contribution < 1.29 is 13.9 Å². The molecule has 1 N–H and O–H groups in total. The SMILES string of the molecule is CCC[C@@](c1cccc(F)c1)(C1CCN(CC(CC)CC(C)CC)CC1)[C@H]1CCC[C@@H]1OC(=O)NC. The lowest BCUT2D eigenvalue weighted by atomic mass is 9.56. The van der Waals surface area contributed by atoms with Gasteiger partial charge in [0.1, 0.15) is 11.9 Å². The van der Waals surface area contributed by atoms with Crippen molar-refractivity contribution >= 4 is 6.09 Å². The summed E-state index contributed by atoms with van der Waals surface area (Å²) in [5.41, 5.74) is 0.947. The summed E-state index contributed by atoms with van der Waals surface area (Å²) in [5.74, 6) is 2.08. The number of rotatable bonds is 12. The molecular formula is C31H51FN2O2. The van der Waals surface area contributed by atoms with E-state index in [0.29, 0.717) is 5.92 Å². The summed E-state index contributed by atoms with van der Waals surface area (Å²) in [4.78, 5) is 14.9. The molecule has 2 unspecified atom stereocenters. The number of halogens is 1. The van der Waals surface area contributed by atoms with E-state index in [1.807, 2.05) is 6.07 Å². The third-order valence-electron chi connectivity index (χ3n) is 9.44. The van der Waals surface area contributed by atoms with E-state index in [9.17, 15) is 9.18 Å². The Morgan fingerprint density at radius 1 is 1.17 bits per heavy atom. The first-order valence-corrected chi connectivity index (χ1v) is 14.7. The van der Waals surface area contributed by atoms with Crippen molar-refractivity contribution in [1.82, 2.24) is 10.2 Å². The largest absolute Gasteiger partial charge is 0.446 e. The number of hydrogen-bond acceptors (Lipinski definition) is 3. The van der Waals surface area contributed by atoms with Crippen LogP contribution in [0.25, 0.3) is 0 Å². The molecule has 0 radical (unpaired) electrons. The number of carbonyl (C=O) groups is 1. The lowest BCUT2D eigenvalue weighted by Crippen LogP contribution is -2.51. The Labute approximate surface area is 219 Å². The number of carbonyl (C=O) groups excluding carboxylic acids is 1. The Morgan fingerprint density at radius 3 is 2.53 bits per heavy atom. The van der Waals surface area contributed by atoms with Crippen molar-refractivity contribution in [3.8, 4) is 0 Å². The first-order valence-electron chi connectivity index (χ1n) is 14.7. The molecule has 2 fully saturated rings. The van der Waals surface area contributed by atoms with Crippen LogP contribution in [0.15, 0.2) is 24.3 Å². The van der Waals surface area contributed by atoms with Crippen LogP contribution in [0, 0.1) is 29.5 Å². The number of ether oxygens (including phenoxy) is 1. The van der Waals surface area contributed by atoms with Gasteiger partial charge in [-0.2, -0.15) is 0 Å². The van der Waals surface area contributed by atoms with Gasteiger partial charge >= 0.3 is 6.09 Å². The van der Waals surface area contributed by atoms with Crippen molar-refractivity contribution in [2.45, 2.75) is 103 Å². The van der Waals surface area contributed by atoms with E-state index in [1.54, 1.807) is 19.2 Å². The minimum absolute atomic E-state index is 0.113. The van der Waals surface area contributed by atoms with Crippen LogP contribution in [0.2, 0.25) is 0 Å². The van der Waals surface area contributed by atoms with Gasteiger partial charge in [-0.15, -0.1) is 0 Å². The fraction of sp³-hybridized carbons (Fsp3) is 0.774. The fourth-order valence-corrected chi connectivity index (χ4v) is 7.43. The lowest BCUT2D eigenvalue weighted by Gasteiger charge is -2.50. The summed E-state index contributed by atoms with van der Waals surface area (Å²) in [6.45, 7) is 12.7. The standard InChI is InChI=1S/C31H51FN2O2/c1-6-17-31(26-11-9-12-27(32)21-26,28-13-10-14-29(28)36-30(35)33-5)25-15-18-34(19-16-25)22-24(8-3)20-23(4)7-2/h9,11-12,21,23-25,28-29H,6-8,10,13-20,22H2,1-5H3,(H,33,35)/t23?,24?,28-,29-,31-/m0/s1. The predicted octanol–water partition coefficient (Wildman–Crippen LogP) is 7.56. The molecule has 3 rings (SSSR count). The highest BCUT2D eigenvalue weighted by molar-refractivity contribution is 5.67. The zero-order chi connectivity index (χ0) is 26.1. The van der Waals surface area contributed by atoms with Gasteiger partial charge in [0, 0.05) is 24.9 Å². The third kappa shape index (κ3) is 6.82. The van der Waals surface area contributed by atoms with E-state index in [2.05, 4.69) is 44.0 Å². The van der Waals surface area contributed by atoms with Crippen LogP contribution in [0.5, 0.6) is 0 Å². The van der Waals surface area contributed by atoms with Crippen molar-refractivity contribution in [2.75, 3.05) is 26.7 Å². The summed E-state index contributed by atoms with van der Waals surface area (Å²) < 4.78 is 20.6. The van der Waals surface area contributed by atoms with Crippen LogP contribution in [0.3, 0.4) is 0 Å². The summed E-state index contributed by atoms with van der Waals surface area (Å²) >= 11 is 0. The molecule has 5 atom stereocenters. The van der Waals surface area contributed by atoms with E-state index in [4.69, 9.17) is 4.74 Å². The summed E-state index contributed by atoms with van der Waals surface area (Å²) in [5, 5.41) is 2.64. The van der Waals surface area contributed by atoms with Crippen molar-refractivity contribution in [2.24, 2.45) is 23.7 Å². The minimum atomic E-state index is -0.349. The minimum Gasteiger partial charge on any atom is -0.446 e. The molecule has 1 aromatic carbocycles. The number of nitrogens with zero attached hydrogens (tertiary/aromatic N) is 1. The van der Waals surface area contributed by atoms with Crippen LogP contribution in [0.4, 0.5) is 9.18 Å². The van der Waals surface area contributed by atoms with Gasteiger partial charge in [0.15, 0.2) is 0 Å². The molecule has 1 amide bonds. The van der Waals surface area contributed by atoms with Gasteiger partial charge in [-0.3, -0.25) is 0 Å². The second-order valence-electron chi connectivity index (χ2n) is 11.6. The number of amides is 1. The molecule has 1 saturated carbocycles. The summed E-state index contributed by atoms with van der Waals surface area (Å²) in [7, 11) is 1.62. The number of benzene rings is 1. The Balaban J connectivity index is 1.86. The predicted molar refractivity (Wildman–Crippen MR) is 147 cm³/mol. The van der Waals surface area contributed by atoms with Gasteiger partial charge in [0.05, 0.1) is 0 Å². The highest BCUT2D eigenvalue weighted by Crippen LogP contribution is 2.53. The molecule has 0 spiro atoms. The summed E-state index contributed by atoms with van der Waals surface area (Å²) in [6, 6.07) is 7.34. The molecule has 36 heavy (non-hydrogen) atoms. The molecular weight excluding hydrogens is 451 g/mol. The maximum Gasteiger partial charge on any atom is 0.407 e. The Morgan fingerprint density at radius 2 is 1.92 bits per heavy atom. The van der Waals surface area contributed by atoms with E-state index in [-0.39, 0.29) is 29.3 Å². The normalized spacial score (nSPS) is 24.7. The Hall–Kier alpha value is -1.62. The maximum atomic E-state index is 14.6. The lowest BCUT2D eigenvalue weighted by molar-refractivity contribution is 0.00547. The number of alkyl carbamates (subject to hydrolysis) is 1. The second kappa shape index (κ2) is 13.8. The topological polar surface area (TPSA) is 41.6 Å². The van der Waals surface area contributed by atoms with E-state index in [1.165, 1.54) is 25.8 Å². The quantitative estimate of drug-likeness (QED) is 0.321. The number of hydrogen-bond donors (Lipinski definition) is 1. The van der Waals surface area contributed by atoms with E-state index < -0.39 is 0 Å². The smallest absolute Gasteiger partial charge is 0.407 e. The average Bonchev–Trinajstić information content (AvgIpc) is 3.35. The van der Waals surface area contributed by atoms with Gasteiger partial charge in [-0.25, -0.2) is 9.18 Å². The molecule has 1 aliphatic heterocycles. The highest BCUT2D eigenvalue weighted by Gasteiger charge is 2.52. The van der Waals surface area contributed by atoms with Gasteiger partial charge < -0.3 is 15.0 Å². The zero-order valence-corrected chi connectivity index (χ0v) is 23.5. The third-order valence-corrected chi connectivity index (χ3v) is 9.44. The zero-order valence-electron chi connectivity index (χ0n) is 23.5. The van der Waals surface area contributed by atoms with E-state index in [0.717, 1.165) is 75.4 Å². The van der Waals surface area contributed by atoms with E-state index >= 15 is 0 Å². The van der Waals surface area contributed by atoms with Gasteiger partial charge in [-0.05, 0) is 93.5 Å². The van der Waals surface area contributed by atoms with Gasteiger partial charge in [0.25, 0.3) is 0 Å². The van der Waals surface area contributed by atoms with Crippen molar-refractivity contribution in [3.63, 3.8) is 0 Å². The maximum absolute atomic E-state index is 14.6. The first-order chi connectivity index (χ1) is 17.4. The molecule has 2 aliphatic rings. The van der Waals surface area contributed by atoms with Crippen LogP contribution in [-0.4, -0.2) is 43.8 Å². The van der Waals surface area contributed by atoms with Crippen LogP contribution in [0.1, 0.15) is 97.5 Å². The molecule has 4 nitrogen and oxygen atoms in total. The van der Waals surface area contributed by atoms with Gasteiger partial charge in [-0.1, -0.05) is 59.1 Å². The van der Waals surface area contributed by atoms with Crippen LogP contribution in [-0.2, 0) is 10.2 Å². The average molecular weight is 503 g/mol. The second-order valence-corrected chi connectivity index (χ2v) is 11.6. The number of likely N-dealkylation sites (tertiary alicyclic amines) is 1. The first kappa shape index (κ1) is 28.9. The molecule has 0 aromatic heterocycles. The monoisotopic (exact) mass is 502 g/mol. The van der Waals surface area contributed by atoms with Gasteiger partial charge in [0.2, 0.25) is 0 Å². The number of piperidine rings is 1. The van der Waals surface area contributed by atoms with Crippen LogP contribution >= 0.6 is 0 Å². The highest BCUT2D eigenvalue weighted by atomic mass is 19.1. The molecule has 1 saturated heterocycles. The van der Waals surface area contributed by atoms with Crippen LogP contribution < -0.4 is 5.32 Å². The molecule has 1 aromatic rings. The molecule has 0 bridgehead atoms. The molecule has 204 valence electrons. The van der Waals surface area contributed by atoms with Crippen molar-refractivity contribution in [3.05, 3.63) is 35.6 Å². The Kier molecular flexibility index (Phi) is 11.1. The molecule has 5 heteroatoms. The Bertz CT molecular complexity index is 810. The molecule has 1 aliphatic carbocycles. The summed E-state index contributed by atoms with van der Waals surface area (Å²) in [6.07, 6.45) is 10.6. The molecule has 1 heterocycles. The fourth-order valence-electron chi connectivity index (χ4n) is 7.43. The van der Waals surface area contributed by atoms with Crippen molar-refractivity contribution in [1.29, 1.82) is 0 Å². The number of nitrogens with one attached hydrogen (secondary N) is 1.